The van der Waals surface area contributed by atoms with Crippen LogP contribution in [-0.2, 0) is 23.7 Å². The van der Waals surface area contributed by atoms with E-state index in [9.17, 15) is 75.3 Å². The number of aliphatic hydroxyl groups excluding tert-OH is 7. The Balaban J connectivity index is 1.37. The van der Waals surface area contributed by atoms with Gasteiger partial charge in [-0.2, -0.15) is 0 Å². The van der Waals surface area contributed by atoms with E-state index in [1.54, 1.807) is 0 Å². The van der Waals surface area contributed by atoms with Crippen LogP contribution in [0.2, 0.25) is 0 Å². The maximum Gasteiger partial charge on any atom is 0.328 e. The summed E-state index contributed by atoms with van der Waals surface area (Å²) in [5.74, 6) is -7.36. The van der Waals surface area contributed by atoms with Crippen LogP contribution in [0, 0.1) is 6.92 Å². The predicted octanol–water partition coefficient (Wildman–Crippen LogP) is -1.48. The molecule has 3 aromatic carbocycles. The first-order valence-electron chi connectivity index (χ1n) is 18.8. The molecule has 61 heavy (non-hydrogen) atoms. The Kier molecular flexibility index (Phi) is 11.6. The molecule has 12 N–H and O–H groups in total. The van der Waals surface area contributed by atoms with Crippen molar-refractivity contribution in [1.82, 2.24) is 5.32 Å². The number of phenolic OH excluding ortho intramolecular Hbond substituents is 3. The number of amides is 1. The normalized spacial score (nSPS) is 30.3. The average molecular weight is 858 g/mol. The molecular weight excluding hydrogens is 814 g/mol. The molecule has 21 heteroatoms. The number of aromatic hydroxyl groups is 3. The lowest BCUT2D eigenvalue weighted by molar-refractivity contribution is -0.353. The molecule has 0 unspecified atom stereocenters. The predicted molar refractivity (Wildman–Crippen MR) is 200 cm³/mol. The van der Waals surface area contributed by atoms with Crippen LogP contribution in [0.25, 0.3) is 11.1 Å². The molecule has 2 aliphatic carbocycles. The maximum atomic E-state index is 14.1. The highest BCUT2D eigenvalue weighted by Crippen LogP contribution is 2.57. The van der Waals surface area contributed by atoms with E-state index in [0.717, 1.165) is 25.1 Å². The number of ether oxygens (including phenoxy) is 5. The lowest BCUT2D eigenvalue weighted by Crippen LogP contribution is -2.62. The minimum atomic E-state index is -1.98. The van der Waals surface area contributed by atoms with Crippen molar-refractivity contribution in [2.45, 2.75) is 100 Å². The quantitative estimate of drug-likeness (QED) is 0.0913. The molecular formula is C40H43NO20. The number of methoxy groups -OCH3 is 1. The van der Waals surface area contributed by atoms with Crippen LogP contribution in [-0.4, -0.2) is 161 Å². The molecule has 0 spiro atoms. The second kappa shape index (κ2) is 16.2. The van der Waals surface area contributed by atoms with Crippen molar-refractivity contribution in [2.24, 2.45) is 0 Å². The minimum absolute atomic E-state index is 0.0138. The van der Waals surface area contributed by atoms with Gasteiger partial charge in [0.2, 0.25) is 0 Å². The second-order valence-corrected chi connectivity index (χ2v) is 15.3. The first kappa shape index (κ1) is 43.8. The van der Waals surface area contributed by atoms with Gasteiger partial charge in [-0.05, 0) is 49.6 Å². The smallest absolute Gasteiger partial charge is 0.328 e. The topological polar surface area (TPSA) is 349 Å². The fraction of sp³-hybridized carbons (Fsp3) is 0.450. The summed E-state index contributed by atoms with van der Waals surface area (Å²) in [4.78, 5) is 53.7. The van der Waals surface area contributed by atoms with Crippen molar-refractivity contribution in [2.75, 3.05) is 13.7 Å². The fourth-order valence-electron chi connectivity index (χ4n) is 8.15. The van der Waals surface area contributed by atoms with E-state index >= 15 is 0 Å². The van der Waals surface area contributed by atoms with Gasteiger partial charge < -0.3 is 85.2 Å². The monoisotopic (exact) mass is 857 g/mol. The summed E-state index contributed by atoms with van der Waals surface area (Å²) in [6.07, 6.45) is -20.4. The number of carbonyl (C=O) groups is 4. The molecule has 21 nitrogen and oxygen atoms in total. The maximum absolute atomic E-state index is 14.1. The van der Waals surface area contributed by atoms with Crippen LogP contribution >= 0.6 is 0 Å². The van der Waals surface area contributed by atoms with Crippen molar-refractivity contribution < 1.29 is 99.0 Å². The number of aryl methyl sites for hydroxylation is 1. The van der Waals surface area contributed by atoms with Crippen LogP contribution in [0.5, 0.6) is 23.0 Å². The van der Waals surface area contributed by atoms with Crippen molar-refractivity contribution in [3.63, 3.8) is 0 Å². The van der Waals surface area contributed by atoms with Gasteiger partial charge in [0.1, 0.15) is 71.8 Å². The third kappa shape index (κ3) is 7.16. The molecule has 2 heterocycles. The third-order valence-electron chi connectivity index (χ3n) is 11.4. The van der Waals surface area contributed by atoms with E-state index < -0.39 is 160 Å². The summed E-state index contributed by atoms with van der Waals surface area (Å²) in [7, 11) is 1.24. The van der Waals surface area contributed by atoms with Gasteiger partial charge in [-0.25, -0.2) is 4.79 Å². The Hall–Kier alpha value is -5.30. The zero-order chi connectivity index (χ0) is 44.7. The highest BCUT2D eigenvalue weighted by molar-refractivity contribution is 6.31. The van der Waals surface area contributed by atoms with Crippen LogP contribution in [0.3, 0.4) is 0 Å². The second-order valence-electron chi connectivity index (χ2n) is 15.3. The Labute approximate surface area is 344 Å². The number of rotatable bonds is 9. The molecule has 13 atom stereocenters. The molecule has 0 saturated carbocycles. The third-order valence-corrected chi connectivity index (χ3v) is 11.4. The molecule has 7 rings (SSSR count). The average Bonchev–Trinajstić information content (AvgIpc) is 3.20. The van der Waals surface area contributed by atoms with E-state index in [0.29, 0.717) is 0 Å². The SMILES string of the molecule is COc1cc(O)c2c(c1)C(=O)c1c(cc3c(c1O)-c1c(cc(C)c(C(=O)N[C@@H](C(=O)O)[C@@H](C)O)c1O)[C@H](O[C@@H]1O[C@H](C)[C@H](O)[C@H](O[C@@H]4OC[C@@H](O)[C@H](O)[C@H]4O)[C@H]1O)[C@H]3O)C2=O. The summed E-state index contributed by atoms with van der Waals surface area (Å²) in [6.45, 7) is 3.28. The number of ketones is 2. The minimum Gasteiger partial charge on any atom is -0.507 e. The highest BCUT2D eigenvalue weighted by Gasteiger charge is 2.51. The number of carboxylic acid groups (broad SMARTS) is 1. The van der Waals surface area contributed by atoms with Crippen LogP contribution in [0.15, 0.2) is 24.3 Å². The molecule has 328 valence electrons. The molecule has 3 aromatic rings. The number of hydrogen-bond acceptors (Lipinski definition) is 19. The van der Waals surface area contributed by atoms with Gasteiger partial charge in [0, 0.05) is 28.3 Å². The van der Waals surface area contributed by atoms with Crippen LogP contribution in [0.1, 0.15) is 84.9 Å². The van der Waals surface area contributed by atoms with E-state index in [2.05, 4.69) is 5.32 Å². The molecule has 0 bridgehead atoms. The highest BCUT2D eigenvalue weighted by atomic mass is 16.7. The van der Waals surface area contributed by atoms with E-state index in [1.807, 2.05) is 0 Å². The first-order valence-corrected chi connectivity index (χ1v) is 18.8. The number of hydrogen-bond donors (Lipinski definition) is 12. The van der Waals surface area contributed by atoms with Crippen molar-refractivity contribution in [1.29, 1.82) is 0 Å². The van der Waals surface area contributed by atoms with Gasteiger partial charge in [0.05, 0.1) is 42.6 Å². The summed E-state index contributed by atoms with van der Waals surface area (Å²) in [5, 5.41) is 122. The first-order chi connectivity index (χ1) is 28.7. The zero-order valence-electron chi connectivity index (χ0n) is 32.6. The summed E-state index contributed by atoms with van der Waals surface area (Å²) in [5.41, 5.74) is -4.14. The number of phenols is 3. The van der Waals surface area contributed by atoms with Gasteiger partial charge in [0.15, 0.2) is 30.2 Å². The van der Waals surface area contributed by atoms with Crippen LogP contribution in [0.4, 0.5) is 0 Å². The number of benzene rings is 3. The van der Waals surface area contributed by atoms with Gasteiger partial charge in [-0.1, -0.05) is 6.07 Å². The molecule has 4 aliphatic rings. The Morgan fingerprint density at radius 2 is 1.44 bits per heavy atom. The number of carboxylic acids is 1. The van der Waals surface area contributed by atoms with Crippen molar-refractivity contribution in [3.8, 4) is 34.1 Å². The van der Waals surface area contributed by atoms with Crippen molar-refractivity contribution >= 4 is 23.4 Å². The van der Waals surface area contributed by atoms with Gasteiger partial charge in [0.25, 0.3) is 5.91 Å². The summed E-state index contributed by atoms with van der Waals surface area (Å²) in [6, 6.07) is 2.59. The van der Waals surface area contributed by atoms with E-state index in [-0.39, 0.29) is 28.0 Å². The Bertz CT molecular complexity index is 2310. The molecule has 0 aromatic heterocycles. The Morgan fingerprint density at radius 1 is 0.803 bits per heavy atom. The fourth-order valence-corrected chi connectivity index (χ4v) is 8.15. The van der Waals surface area contributed by atoms with Gasteiger partial charge in [-0.15, -0.1) is 0 Å². The van der Waals surface area contributed by atoms with E-state index in [1.165, 1.54) is 27.0 Å². The number of aliphatic carboxylic acids is 1. The summed E-state index contributed by atoms with van der Waals surface area (Å²) < 4.78 is 28.1. The largest absolute Gasteiger partial charge is 0.507 e. The standard InChI is InChI=1S/C40H43NO20/c1-10-5-17-23(31(50)20(10)37(54)41-25(11(2)42)38(55)56)22-15(8-16-24(32(22)51)28(47)14-6-13(57-4)7-18(43)21(14)27(16)46)29(48)35(17)60-40-34(53)36(26(45)12(3)59-40)61-39-33(52)30(49)19(44)9-58-39/h5-8,11-12,19,25-26,29-30,33-36,39-40,42-45,48-53H,9H2,1-4H3,(H,41,54)(H,55,56)/t11-,12-,19-,25-,26+,29+,30+,33-,34-,35+,36+,39+,40+/m1/s1. The number of nitrogens with one attached hydrogen (secondary N) is 1. The lowest BCUT2D eigenvalue weighted by Gasteiger charge is -2.45. The lowest BCUT2D eigenvalue weighted by atomic mass is 9.74. The number of aliphatic hydroxyl groups is 7. The van der Waals surface area contributed by atoms with Gasteiger partial charge >= 0.3 is 5.97 Å². The van der Waals surface area contributed by atoms with Gasteiger partial charge in [-0.3, -0.25) is 14.4 Å². The molecule has 0 radical (unpaired) electrons. The van der Waals surface area contributed by atoms with E-state index in [4.69, 9.17) is 23.7 Å². The summed E-state index contributed by atoms with van der Waals surface area (Å²) >= 11 is 0. The molecule has 2 saturated heterocycles. The van der Waals surface area contributed by atoms with Crippen LogP contribution < -0.4 is 10.1 Å². The van der Waals surface area contributed by atoms with Crippen molar-refractivity contribution in [3.05, 3.63) is 68.8 Å². The zero-order valence-corrected chi connectivity index (χ0v) is 32.6. The number of carbonyl (C=O) groups excluding carboxylic acids is 3. The molecule has 1 amide bonds. The molecule has 2 aliphatic heterocycles. The molecule has 2 fully saturated rings. The Morgan fingerprint density at radius 3 is 2.08 bits per heavy atom. The number of fused-ring (bicyclic) bond motifs is 5.